The van der Waals surface area contributed by atoms with Crippen molar-refractivity contribution in [3.8, 4) is 0 Å². The van der Waals surface area contributed by atoms with Gasteiger partial charge in [-0.1, -0.05) is 41.5 Å². The topological polar surface area (TPSA) is 424 Å². The molecule has 1 N–H and O–H groups in total. The summed E-state index contributed by atoms with van der Waals surface area (Å²) in [6, 6.07) is 0. The van der Waals surface area contributed by atoms with E-state index in [1.165, 1.54) is 33.5 Å². The molecule has 26 atom stereocenters. The number of carbonyl (C=O) groups excluding carboxylic acids is 15. The van der Waals surface area contributed by atoms with E-state index in [0.29, 0.717) is 101 Å². The van der Waals surface area contributed by atoms with Crippen LogP contribution in [0.2, 0.25) is 0 Å². The molecule has 10 aliphatic heterocycles. The standard InChI is InChI=1S/C16H22O6.C16H24O5.C16H24O4.C15H22O7.C13H20O4.C9H12O2.C7H14O2.CO2/c1-5-16(2,3)15(19)22-12-7-6-8-10(9(7)13(17)20-4)14(18)21-11(8)12;1-4-14(2,3)13(18)21-16-6-10-5-15(19,9-16)7-11(8-16)20-12(10)17;1-4-15(2,3)14(18)20-16-7-10-5-11(8-16)13(17)19-12(6-10)9-16;1-6-14(2,3)13(17)20-9-7-8(18-11(9)16)10-12(19-7)22-15(4,5)21-10;1-4-13(2,3)12(15)17-10-8-6-5-7-9(8)16-11(10)14;10-9-8-6-2-1-5(3-6)7(8)4-11-9;1-5-7(2,3)6(8)9-4;2-1-3/h7-12H,5-6H2,1-4H3;10-11,19H,4-9H2,1-3H3;10-12H,4-9H2,1-3H3;7-10,12H,6H2,1-5H3;8-10H,4-7H2,1-3H3;5-8H,1-4H2;5H2,1-4H3;. The molecule has 10 saturated heterocycles. The predicted molar refractivity (Wildman–Crippen MR) is 435 cm³/mol. The van der Waals surface area contributed by atoms with Crippen molar-refractivity contribution in [3.05, 3.63) is 0 Å². The van der Waals surface area contributed by atoms with E-state index in [0.717, 1.165) is 63.9 Å². The van der Waals surface area contributed by atoms with Crippen molar-refractivity contribution in [1.29, 1.82) is 0 Å². The van der Waals surface area contributed by atoms with Crippen LogP contribution in [0.15, 0.2) is 0 Å². The lowest BCUT2D eigenvalue weighted by molar-refractivity contribution is -0.217. The van der Waals surface area contributed by atoms with Crippen molar-refractivity contribution < 1.29 is 153 Å². The lowest BCUT2D eigenvalue weighted by Gasteiger charge is -2.50. The fourth-order valence-corrected chi connectivity index (χ4v) is 20.9. The molecule has 0 amide bonds. The van der Waals surface area contributed by atoms with Gasteiger partial charge in [0.15, 0.2) is 24.3 Å². The van der Waals surface area contributed by atoms with Crippen LogP contribution in [0.4, 0.5) is 0 Å². The number of hydrogen-bond donors (Lipinski definition) is 1. The Labute approximate surface area is 733 Å². The van der Waals surface area contributed by atoms with E-state index in [9.17, 15) is 67.4 Å². The number of hydrogen-bond acceptors (Lipinski definition) is 32. The molecule has 32 heteroatoms. The quantitative estimate of drug-likeness (QED) is 0.0983. The number of rotatable bonds is 18. The summed E-state index contributed by atoms with van der Waals surface area (Å²) >= 11 is 0. The smallest absolute Gasteiger partial charge is 0.373 e. The predicted octanol–water partition coefficient (Wildman–Crippen LogP) is 11.5. The number of cyclic esters (lactones) is 1. The van der Waals surface area contributed by atoms with E-state index < -0.39 is 128 Å². The van der Waals surface area contributed by atoms with Crippen LogP contribution in [-0.2, 0) is 148 Å². The average Bonchev–Trinajstić information content (AvgIpc) is 1.52. The van der Waals surface area contributed by atoms with Crippen LogP contribution < -0.4 is 0 Å². The van der Waals surface area contributed by atoms with Crippen molar-refractivity contribution in [2.45, 2.75) is 376 Å². The largest absolute Gasteiger partial charge is 0.469 e. The molecule has 10 heterocycles. The molecular formula is C93H138O32. The van der Waals surface area contributed by atoms with Crippen LogP contribution in [0.5, 0.6) is 0 Å². The van der Waals surface area contributed by atoms with Gasteiger partial charge in [-0.2, -0.15) is 9.59 Å². The van der Waals surface area contributed by atoms with E-state index >= 15 is 0 Å². The lowest BCUT2D eigenvalue weighted by Crippen LogP contribution is -2.57. The highest BCUT2D eigenvalue weighted by Crippen LogP contribution is 2.61. The minimum atomic E-state index is -1.07. The highest BCUT2D eigenvalue weighted by Gasteiger charge is 2.71. The monoisotopic (exact) mass is 1770 g/mol. The van der Waals surface area contributed by atoms with Crippen LogP contribution in [0, 0.1) is 104 Å². The van der Waals surface area contributed by atoms with Gasteiger partial charge in [0.25, 0.3) is 0 Å². The third-order valence-corrected chi connectivity index (χ3v) is 30.6. The number of carbonyl (C=O) groups is 13. The maximum atomic E-state index is 12.4. The van der Waals surface area contributed by atoms with Gasteiger partial charge in [-0.3, -0.25) is 52.7 Å². The molecule has 9 aliphatic carbocycles. The molecule has 0 aromatic heterocycles. The molecule has 19 rings (SSSR count). The highest BCUT2D eigenvalue weighted by molar-refractivity contribution is 5.88. The minimum Gasteiger partial charge on any atom is -0.469 e. The zero-order chi connectivity index (χ0) is 92.8. The van der Waals surface area contributed by atoms with Gasteiger partial charge >= 0.3 is 83.8 Å². The molecule has 0 aromatic rings. The van der Waals surface area contributed by atoms with E-state index in [2.05, 4.69) is 4.74 Å². The summed E-state index contributed by atoms with van der Waals surface area (Å²) < 4.78 is 86.6. The van der Waals surface area contributed by atoms with Gasteiger partial charge in [-0.05, 0) is 224 Å². The Balaban J connectivity index is 0.000000154. The van der Waals surface area contributed by atoms with Gasteiger partial charge in [0.1, 0.15) is 47.8 Å². The van der Waals surface area contributed by atoms with Crippen molar-refractivity contribution in [1.82, 2.24) is 0 Å². The maximum Gasteiger partial charge on any atom is 0.373 e. The summed E-state index contributed by atoms with van der Waals surface area (Å²) in [6.45, 7) is 38.1. The first-order valence-corrected chi connectivity index (χ1v) is 45.4. The second-order valence-corrected chi connectivity index (χ2v) is 42.1. The number of methoxy groups -OCH3 is 2. The molecule has 0 radical (unpaired) electrons. The molecule has 19 aliphatic rings. The summed E-state index contributed by atoms with van der Waals surface area (Å²) in [7, 11) is 2.73. The van der Waals surface area contributed by atoms with Crippen molar-refractivity contribution in [3.63, 3.8) is 0 Å². The number of aliphatic hydroxyl groups is 1. The van der Waals surface area contributed by atoms with Crippen LogP contribution in [-0.4, -0.2) is 200 Å². The van der Waals surface area contributed by atoms with Gasteiger partial charge in [-0.25, -0.2) is 9.59 Å². The van der Waals surface area contributed by atoms with Gasteiger partial charge in [0.05, 0.1) is 88.5 Å². The van der Waals surface area contributed by atoms with Crippen LogP contribution in [0.25, 0.3) is 0 Å². The Morgan fingerprint density at radius 2 is 0.952 bits per heavy atom. The van der Waals surface area contributed by atoms with E-state index in [4.69, 9.17) is 80.6 Å². The summed E-state index contributed by atoms with van der Waals surface area (Å²) in [5.41, 5.74) is -5.23. The number of fused-ring (bicyclic) bond motifs is 12. The van der Waals surface area contributed by atoms with Crippen LogP contribution in [0.3, 0.4) is 0 Å². The van der Waals surface area contributed by atoms with Crippen molar-refractivity contribution in [2.75, 3.05) is 20.8 Å². The maximum absolute atomic E-state index is 12.4. The van der Waals surface area contributed by atoms with E-state index in [-0.39, 0.29) is 119 Å². The molecule has 702 valence electrons. The normalized spacial score (nSPS) is 36.9. The van der Waals surface area contributed by atoms with Gasteiger partial charge in [0, 0.05) is 62.2 Å². The molecule has 125 heavy (non-hydrogen) atoms. The Morgan fingerprint density at radius 1 is 0.440 bits per heavy atom. The second kappa shape index (κ2) is 38.2. The molecule has 0 aromatic carbocycles. The molecule has 0 spiro atoms. The zero-order valence-electron chi connectivity index (χ0n) is 77.4. The van der Waals surface area contributed by atoms with Crippen molar-refractivity contribution in [2.24, 2.45) is 104 Å². The molecule has 9 saturated carbocycles. The van der Waals surface area contributed by atoms with E-state index in [1.54, 1.807) is 27.7 Å². The first-order valence-electron chi connectivity index (χ1n) is 45.4. The Hall–Kier alpha value is -7.67. The first-order chi connectivity index (χ1) is 58.2. The van der Waals surface area contributed by atoms with Crippen LogP contribution >= 0.6 is 0 Å². The average molecular weight is 1770 g/mol. The lowest BCUT2D eigenvalue weighted by atomic mass is 9.62. The number of ether oxygens (including phenoxy) is 16. The van der Waals surface area contributed by atoms with Gasteiger partial charge < -0.3 is 80.9 Å². The number of esters is 13. The second-order valence-electron chi connectivity index (χ2n) is 42.1. The zero-order valence-corrected chi connectivity index (χ0v) is 77.4. The fraction of sp³-hybridized carbons (Fsp3) is 0.849. The van der Waals surface area contributed by atoms with Gasteiger partial charge in [0.2, 0.25) is 12.2 Å². The molecule has 19 fully saturated rings. The third-order valence-electron chi connectivity index (χ3n) is 30.6. The molecule has 32 nitrogen and oxygen atoms in total. The molecule has 12 bridgehead atoms. The summed E-state index contributed by atoms with van der Waals surface area (Å²) in [5, 5.41) is 10.7. The highest BCUT2D eigenvalue weighted by atomic mass is 16.9. The van der Waals surface area contributed by atoms with Gasteiger partial charge in [-0.15, -0.1) is 0 Å². The third kappa shape index (κ3) is 21.3. The Morgan fingerprint density at radius 3 is 1.52 bits per heavy atom. The van der Waals surface area contributed by atoms with Crippen molar-refractivity contribution >= 4 is 83.8 Å². The Kier molecular flexibility index (Phi) is 30.4. The minimum absolute atomic E-state index is 0.0231. The summed E-state index contributed by atoms with van der Waals surface area (Å²) in [6.07, 6.45) is 12.9. The SMILES string of the molecule is CCC(C)(C)C(=O)OC.CCC(C)(C)C(=O)OC12CC3CC(C1)OC(=O)C(C3)C2.CCC(C)(C)C(=O)OC12CC3CC(O)(CC(C1)C(=O)O3)C2.CCC(C)(C)C(=O)OC1C(=O)OC2C3OC(C)(C)OC3OC12.CCC(C)(C)C(=O)OC1C(=O)OC2CCCC21.CCC(C)(C)C(=O)OC1C2CC3C1OC(=O)C3C2C(=O)OC.O=C1OCC2C3CCC(C3)C12.O=C=O. The van der Waals surface area contributed by atoms with Crippen LogP contribution in [0.1, 0.15) is 286 Å². The molecule has 26 unspecified atom stereocenters. The first kappa shape index (κ1) is 99.5. The summed E-state index contributed by atoms with van der Waals surface area (Å²) in [5.74, 6) is -2.93. The van der Waals surface area contributed by atoms with E-state index in [1.807, 2.05) is 111 Å². The summed E-state index contributed by atoms with van der Waals surface area (Å²) in [4.78, 5) is 171. The molecular weight excluding hydrogens is 1630 g/mol. The fourth-order valence-electron chi connectivity index (χ4n) is 20.9. The Bertz CT molecular complexity index is 4050.